The van der Waals surface area contributed by atoms with Crippen molar-refractivity contribution in [2.75, 3.05) is 19.0 Å². The SMILES string of the molecule is CCSc1cccc(OC2CCOC2)c1CN. The van der Waals surface area contributed by atoms with Crippen molar-refractivity contribution in [2.24, 2.45) is 5.73 Å². The first-order chi connectivity index (χ1) is 8.35. The molecule has 0 spiro atoms. The van der Waals surface area contributed by atoms with Crippen molar-refractivity contribution < 1.29 is 9.47 Å². The Morgan fingerprint density at radius 3 is 3.06 bits per heavy atom. The lowest BCUT2D eigenvalue weighted by Gasteiger charge is -2.17. The van der Waals surface area contributed by atoms with E-state index < -0.39 is 0 Å². The minimum Gasteiger partial charge on any atom is -0.488 e. The molecule has 1 heterocycles. The number of hydrogen-bond acceptors (Lipinski definition) is 4. The lowest BCUT2D eigenvalue weighted by atomic mass is 10.2. The van der Waals surface area contributed by atoms with Gasteiger partial charge in [-0.1, -0.05) is 13.0 Å². The van der Waals surface area contributed by atoms with Crippen LogP contribution in [-0.2, 0) is 11.3 Å². The molecule has 2 rings (SSSR count). The van der Waals surface area contributed by atoms with Gasteiger partial charge in [0.15, 0.2) is 0 Å². The molecule has 0 amide bonds. The Morgan fingerprint density at radius 2 is 2.41 bits per heavy atom. The maximum Gasteiger partial charge on any atom is 0.125 e. The van der Waals surface area contributed by atoms with Crippen LogP contribution in [0.5, 0.6) is 5.75 Å². The zero-order chi connectivity index (χ0) is 12.1. The Bertz CT molecular complexity index is 364. The molecule has 0 bridgehead atoms. The van der Waals surface area contributed by atoms with Gasteiger partial charge < -0.3 is 15.2 Å². The third-order valence-corrected chi connectivity index (χ3v) is 3.76. The fourth-order valence-corrected chi connectivity index (χ4v) is 2.78. The average Bonchev–Trinajstić information content (AvgIpc) is 2.83. The second kappa shape index (κ2) is 6.28. The molecule has 1 aromatic rings. The van der Waals surface area contributed by atoms with E-state index in [1.54, 1.807) is 0 Å². The summed E-state index contributed by atoms with van der Waals surface area (Å²) in [5, 5.41) is 0. The first-order valence-corrected chi connectivity index (χ1v) is 7.02. The molecule has 1 aromatic carbocycles. The van der Waals surface area contributed by atoms with Gasteiger partial charge in [0.2, 0.25) is 0 Å². The van der Waals surface area contributed by atoms with Crippen LogP contribution in [-0.4, -0.2) is 25.1 Å². The largest absolute Gasteiger partial charge is 0.488 e. The van der Waals surface area contributed by atoms with Crippen molar-refractivity contribution in [1.29, 1.82) is 0 Å². The van der Waals surface area contributed by atoms with Crippen LogP contribution in [0.25, 0.3) is 0 Å². The summed E-state index contributed by atoms with van der Waals surface area (Å²) in [6, 6.07) is 6.14. The van der Waals surface area contributed by atoms with Gasteiger partial charge in [0.25, 0.3) is 0 Å². The topological polar surface area (TPSA) is 44.5 Å². The summed E-state index contributed by atoms with van der Waals surface area (Å²) in [5.74, 6) is 1.96. The van der Waals surface area contributed by atoms with Crippen molar-refractivity contribution in [2.45, 2.75) is 30.9 Å². The van der Waals surface area contributed by atoms with Crippen molar-refractivity contribution in [3.05, 3.63) is 23.8 Å². The Balaban J connectivity index is 2.16. The van der Waals surface area contributed by atoms with Crippen molar-refractivity contribution >= 4 is 11.8 Å². The minimum atomic E-state index is 0.183. The summed E-state index contributed by atoms with van der Waals surface area (Å²) >= 11 is 1.81. The summed E-state index contributed by atoms with van der Waals surface area (Å²) in [6.45, 7) is 4.15. The summed E-state index contributed by atoms with van der Waals surface area (Å²) in [4.78, 5) is 1.23. The van der Waals surface area contributed by atoms with Crippen LogP contribution in [0.15, 0.2) is 23.1 Å². The van der Waals surface area contributed by atoms with E-state index in [9.17, 15) is 0 Å². The summed E-state index contributed by atoms with van der Waals surface area (Å²) in [5.41, 5.74) is 6.95. The lowest BCUT2D eigenvalue weighted by molar-refractivity contribution is 0.140. The van der Waals surface area contributed by atoms with E-state index in [-0.39, 0.29) is 6.10 Å². The van der Waals surface area contributed by atoms with Gasteiger partial charge in [-0.15, -0.1) is 11.8 Å². The molecular weight excluding hydrogens is 234 g/mol. The Hall–Kier alpha value is -0.710. The van der Waals surface area contributed by atoms with Crippen LogP contribution in [0.3, 0.4) is 0 Å². The zero-order valence-electron chi connectivity index (χ0n) is 10.1. The molecule has 1 unspecified atom stereocenters. The predicted molar refractivity (Wildman–Crippen MR) is 70.6 cm³/mol. The van der Waals surface area contributed by atoms with Crippen LogP contribution in [0.2, 0.25) is 0 Å². The van der Waals surface area contributed by atoms with Gasteiger partial charge in [-0.2, -0.15) is 0 Å². The minimum absolute atomic E-state index is 0.183. The summed E-state index contributed by atoms with van der Waals surface area (Å²) < 4.78 is 11.3. The van der Waals surface area contributed by atoms with Gasteiger partial charge in [0.1, 0.15) is 11.9 Å². The van der Waals surface area contributed by atoms with Crippen LogP contribution in [0.1, 0.15) is 18.9 Å². The highest BCUT2D eigenvalue weighted by Gasteiger charge is 2.19. The fraction of sp³-hybridized carbons (Fsp3) is 0.538. The molecule has 1 aliphatic heterocycles. The highest BCUT2D eigenvalue weighted by Crippen LogP contribution is 2.31. The molecule has 1 fully saturated rings. The molecule has 1 aliphatic rings. The first kappa shape index (κ1) is 12.7. The van der Waals surface area contributed by atoms with Gasteiger partial charge in [-0.05, 0) is 17.9 Å². The first-order valence-electron chi connectivity index (χ1n) is 6.04. The molecule has 1 atom stereocenters. The van der Waals surface area contributed by atoms with E-state index in [0.29, 0.717) is 13.2 Å². The smallest absolute Gasteiger partial charge is 0.125 e. The van der Waals surface area contributed by atoms with E-state index in [4.69, 9.17) is 15.2 Å². The number of nitrogens with two attached hydrogens (primary N) is 1. The maximum absolute atomic E-state index is 5.97. The van der Waals surface area contributed by atoms with Gasteiger partial charge in [-0.25, -0.2) is 0 Å². The van der Waals surface area contributed by atoms with Crippen LogP contribution < -0.4 is 10.5 Å². The Labute approximate surface area is 107 Å². The molecule has 0 aliphatic carbocycles. The van der Waals surface area contributed by atoms with E-state index >= 15 is 0 Å². The number of ether oxygens (including phenoxy) is 2. The van der Waals surface area contributed by atoms with Crippen LogP contribution in [0.4, 0.5) is 0 Å². The third kappa shape index (κ3) is 3.15. The monoisotopic (exact) mass is 253 g/mol. The number of thioether (sulfide) groups is 1. The standard InChI is InChI=1S/C13H19NO2S/c1-2-17-13-5-3-4-12(11(13)8-14)16-10-6-7-15-9-10/h3-5,10H,2,6-9,14H2,1H3. The molecular formula is C13H19NO2S. The molecule has 0 saturated carbocycles. The van der Waals surface area contributed by atoms with Crippen molar-refractivity contribution in [3.8, 4) is 5.75 Å². The number of hydrogen-bond donors (Lipinski definition) is 1. The van der Waals surface area contributed by atoms with E-state index in [2.05, 4.69) is 13.0 Å². The second-order valence-corrected chi connectivity index (χ2v) is 5.28. The van der Waals surface area contributed by atoms with E-state index in [1.807, 2.05) is 23.9 Å². The molecule has 4 heteroatoms. The normalized spacial score (nSPS) is 19.5. The van der Waals surface area contributed by atoms with Crippen LogP contribution >= 0.6 is 11.8 Å². The molecule has 17 heavy (non-hydrogen) atoms. The zero-order valence-corrected chi connectivity index (χ0v) is 11.0. The summed E-state index contributed by atoms with van der Waals surface area (Å²) in [6.07, 6.45) is 1.15. The average molecular weight is 253 g/mol. The van der Waals surface area contributed by atoms with Crippen LogP contribution in [0, 0.1) is 0 Å². The van der Waals surface area contributed by atoms with Crippen molar-refractivity contribution in [3.63, 3.8) is 0 Å². The second-order valence-electron chi connectivity index (χ2n) is 3.97. The molecule has 3 nitrogen and oxygen atoms in total. The maximum atomic E-state index is 5.97. The molecule has 1 saturated heterocycles. The van der Waals surface area contributed by atoms with Gasteiger partial charge in [0, 0.05) is 23.4 Å². The fourth-order valence-electron chi connectivity index (χ4n) is 1.93. The van der Waals surface area contributed by atoms with Gasteiger partial charge in [-0.3, -0.25) is 0 Å². The van der Waals surface area contributed by atoms with Gasteiger partial charge in [0.05, 0.1) is 13.2 Å². The van der Waals surface area contributed by atoms with Gasteiger partial charge >= 0.3 is 0 Å². The highest BCUT2D eigenvalue weighted by atomic mass is 32.2. The quantitative estimate of drug-likeness (QED) is 0.819. The highest BCUT2D eigenvalue weighted by molar-refractivity contribution is 7.99. The third-order valence-electron chi connectivity index (χ3n) is 2.78. The Morgan fingerprint density at radius 1 is 1.53 bits per heavy atom. The predicted octanol–water partition coefficient (Wildman–Crippen LogP) is 2.42. The van der Waals surface area contributed by atoms with Crippen molar-refractivity contribution in [1.82, 2.24) is 0 Å². The van der Waals surface area contributed by atoms with E-state index in [0.717, 1.165) is 30.1 Å². The lowest BCUT2D eigenvalue weighted by Crippen LogP contribution is -2.17. The number of benzene rings is 1. The summed E-state index contributed by atoms with van der Waals surface area (Å²) in [7, 11) is 0. The molecule has 0 radical (unpaired) electrons. The molecule has 94 valence electrons. The number of rotatable bonds is 5. The van der Waals surface area contributed by atoms with E-state index in [1.165, 1.54) is 4.90 Å². The molecule has 0 aromatic heterocycles. The molecule has 2 N–H and O–H groups in total. The Kier molecular flexibility index (Phi) is 4.71.